The van der Waals surface area contributed by atoms with Gasteiger partial charge in [0.2, 0.25) is 0 Å². The van der Waals surface area contributed by atoms with Crippen LogP contribution in [0.2, 0.25) is 0 Å². The first-order valence-electron chi connectivity index (χ1n) is 8.88. The van der Waals surface area contributed by atoms with Gasteiger partial charge in [-0.25, -0.2) is 9.59 Å². The monoisotopic (exact) mass is 404 g/mol. The molecule has 2 aromatic carbocycles. The van der Waals surface area contributed by atoms with Crippen LogP contribution < -0.4 is 20.9 Å². The molecule has 0 saturated carbocycles. The molecule has 0 unspecified atom stereocenters. The molecule has 0 fully saturated rings. The topological polar surface area (TPSA) is 132 Å². The van der Waals surface area contributed by atoms with E-state index in [0.717, 1.165) is 0 Å². The summed E-state index contributed by atoms with van der Waals surface area (Å²) >= 11 is 0. The van der Waals surface area contributed by atoms with Gasteiger partial charge in [0.15, 0.2) is 0 Å². The molecule has 9 heteroatoms. The van der Waals surface area contributed by atoms with E-state index in [1.165, 1.54) is 0 Å². The number of nitrogen functional groups attached to an aromatic ring is 2. The average Bonchev–Trinajstić information content (AvgIpc) is 2.70. The van der Waals surface area contributed by atoms with Crippen molar-refractivity contribution in [1.82, 2.24) is 0 Å². The van der Waals surface area contributed by atoms with Crippen molar-refractivity contribution in [2.45, 2.75) is 0 Å². The number of hydrogen-bond donors (Lipinski definition) is 2. The molecule has 0 atom stereocenters. The van der Waals surface area contributed by atoms with Gasteiger partial charge in [0, 0.05) is 11.4 Å². The molecule has 0 heterocycles. The summed E-state index contributed by atoms with van der Waals surface area (Å²) in [4.78, 5) is 23.2. The number of esters is 2. The van der Waals surface area contributed by atoms with E-state index < -0.39 is 11.9 Å². The van der Waals surface area contributed by atoms with Crippen molar-refractivity contribution in [2.75, 3.05) is 51.1 Å². The first kappa shape index (κ1) is 22.2. The third-order valence-corrected chi connectivity index (χ3v) is 3.41. The van der Waals surface area contributed by atoms with Gasteiger partial charge in [0.25, 0.3) is 0 Å². The summed E-state index contributed by atoms with van der Waals surface area (Å²) in [6.07, 6.45) is 0. The van der Waals surface area contributed by atoms with E-state index in [4.69, 9.17) is 35.2 Å². The van der Waals surface area contributed by atoms with Crippen molar-refractivity contribution in [1.29, 1.82) is 0 Å². The van der Waals surface area contributed by atoms with Crippen LogP contribution in [0.15, 0.2) is 48.5 Å². The highest BCUT2D eigenvalue weighted by molar-refractivity contribution is 5.74. The normalized spacial score (nSPS) is 10.5. The maximum Gasteiger partial charge on any atom is 0.337 e. The van der Waals surface area contributed by atoms with Gasteiger partial charge in [-0.1, -0.05) is 0 Å². The molecular formula is C20H24N2O7. The quantitative estimate of drug-likeness (QED) is 0.233. The lowest BCUT2D eigenvalue weighted by Gasteiger charge is -2.07. The number of hydrogen-bond acceptors (Lipinski definition) is 9. The second-order valence-electron chi connectivity index (χ2n) is 5.80. The molecule has 9 nitrogen and oxygen atoms in total. The van der Waals surface area contributed by atoms with E-state index in [2.05, 4.69) is 0 Å². The van der Waals surface area contributed by atoms with Crippen LogP contribution in [0.1, 0.15) is 0 Å². The smallest absolute Gasteiger partial charge is 0.337 e. The zero-order chi connectivity index (χ0) is 20.9. The largest absolute Gasteiger partial charge is 0.425 e. The summed E-state index contributed by atoms with van der Waals surface area (Å²) in [5.74, 6) is -0.234. The van der Waals surface area contributed by atoms with Crippen LogP contribution in [-0.4, -0.2) is 51.6 Å². The summed E-state index contributed by atoms with van der Waals surface area (Å²) in [5.41, 5.74) is 12.3. The van der Waals surface area contributed by atoms with Crippen molar-refractivity contribution in [3.8, 4) is 11.5 Å². The Morgan fingerprint density at radius 2 is 0.931 bits per heavy atom. The van der Waals surface area contributed by atoms with Crippen LogP contribution in [-0.2, 0) is 23.8 Å². The fourth-order valence-corrected chi connectivity index (χ4v) is 2.04. The van der Waals surface area contributed by atoms with Gasteiger partial charge in [-0.2, -0.15) is 0 Å². The number of anilines is 2. The number of ether oxygens (including phenoxy) is 5. The highest BCUT2D eigenvalue weighted by Gasteiger charge is 2.06. The summed E-state index contributed by atoms with van der Waals surface area (Å²) in [7, 11) is 0. The molecule has 0 bridgehead atoms. The van der Waals surface area contributed by atoms with Crippen LogP contribution in [0.4, 0.5) is 11.4 Å². The summed E-state index contributed by atoms with van der Waals surface area (Å²) in [5, 5.41) is 0. The molecule has 0 amide bonds. The second kappa shape index (κ2) is 12.3. The van der Waals surface area contributed by atoms with E-state index in [1.807, 2.05) is 0 Å². The fourth-order valence-electron chi connectivity index (χ4n) is 2.04. The molecule has 0 saturated heterocycles. The third kappa shape index (κ3) is 9.56. The van der Waals surface area contributed by atoms with Gasteiger partial charge < -0.3 is 35.2 Å². The van der Waals surface area contributed by atoms with Gasteiger partial charge in [0.05, 0.1) is 26.4 Å². The summed E-state index contributed by atoms with van der Waals surface area (Å²) in [6.45, 7) is 0.594. The Bertz CT molecular complexity index is 698. The number of benzene rings is 2. The Kier molecular flexibility index (Phi) is 9.43. The van der Waals surface area contributed by atoms with Crippen LogP contribution in [0.3, 0.4) is 0 Å². The Morgan fingerprint density at radius 1 is 0.586 bits per heavy atom. The van der Waals surface area contributed by atoms with Crippen molar-refractivity contribution >= 4 is 23.3 Å². The zero-order valence-corrected chi connectivity index (χ0v) is 15.9. The van der Waals surface area contributed by atoms with Crippen molar-refractivity contribution < 1.29 is 33.3 Å². The Labute approximate surface area is 168 Å². The summed E-state index contributed by atoms with van der Waals surface area (Å²) in [6, 6.07) is 12.9. The Hall–Kier alpha value is -3.14. The van der Waals surface area contributed by atoms with Gasteiger partial charge in [-0.05, 0) is 48.5 Å². The second-order valence-corrected chi connectivity index (χ2v) is 5.80. The maximum atomic E-state index is 11.6. The highest BCUT2D eigenvalue weighted by atomic mass is 16.6. The molecule has 0 aliphatic carbocycles. The third-order valence-electron chi connectivity index (χ3n) is 3.41. The molecule has 4 N–H and O–H groups in total. The lowest BCUT2D eigenvalue weighted by atomic mass is 10.3. The predicted octanol–water partition coefficient (Wildman–Crippen LogP) is 1.41. The molecule has 0 aliphatic rings. The van der Waals surface area contributed by atoms with E-state index >= 15 is 0 Å². The first-order chi connectivity index (χ1) is 14.0. The van der Waals surface area contributed by atoms with E-state index in [1.54, 1.807) is 48.5 Å². The van der Waals surface area contributed by atoms with Gasteiger partial charge in [-0.15, -0.1) is 0 Å². The van der Waals surface area contributed by atoms with Gasteiger partial charge in [-0.3, -0.25) is 0 Å². The van der Waals surface area contributed by atoms with Gasteiger partial charge >= 0.3 is 11.9 Å². The van der Waals surface area contributed by atoms with Crippen molar-refractivity contribution in [2.24, 2.45) is 0 Å². The van der Waals surface area contributed by atoms with Crippen LogP contribution in [0, 0.1) is 0 Å². The number of carbonyl (C=O) groups excluding carboxylic acids is 2. The van der Waals surface area contributed by atoms with Crippen molar-refractivity contribution in [3.05, 3.63) is 48.5 Å². The molecule has 0 spiro atoms. The van der Waals surface area contributed by atoms with Crippen LogP contribution in [0.25, 0.3) is 0 Å². The van der Waals surface area contributed by atoms with Crippen molar-refractivity contribution in [3.63, 3.8) is 0 Å². The predicted molar refractivity (Wildman–Crippen MR) is 105 cm³/mol. The standard InChI is InChI=1S/C20H24N2O7/c21-15-1-5-17(6-2-15)28-19(23)13-26-11-9-25-10-12-27-14-20(24)29-18-7-3-16(22)4-8-18/h1-8H,9-14,21-22H2. The SMILES string of the molecule is Nc1ccc(OC(=O)COCCOCCOCC(=O)Oc2ccc(N)cc2)cc1. The molecule has 2 aromatic rings. The molecule has 29 heavy (non-hydrogen) atoms. The lowest BCUT2D eigenvalue weighted by molar-refractivity contribution is -0.140. The van der Waals surface area contributed by atoms with E-state index in [9.17, 15) is 9.59 Å². The number of rotatable bonds is 12. The number of nitrogens with two attached hydrogens (primary N) is 2. The van der Waals surface area contributed by atoms with Gasteiger partial charge in [0.1, 0.15) is 24.7 Å². The minimum atomic E-state index is -0.516. The summed E-state index contributed by atoms with van der Waals surface area (Å²) < 4.78 is 25.7. The van der Waals surface area contributed by atoms with Crippen LogP contribution in [0.5, 0.6) is 11.5 Å². The molecule has 2 rings (SSSR count). The van der Waals surface area contributed by atoms with E-state index in [0.29, 0.717) is 22.9 Å². The Morgan fingerprint density at radius 3 is 1.31 bits per heavy atom. The van der Waals surface area contributed by atoms with E-state index in [-0.39, 0.29) is 39.6 Å². The first-order valence-corrected chi connectivity index (χ1v) is 8.88. The zero-order valence-electron chi connectivity index (χ0n) is 15.9. The molecule has 0 aromatic heterocycles. The highest BCUT2D eigenvalue weighted by Crippen LogP contribution is 2.14. The minimum Gasteiger partial charge on any atom is -0.425 e. The van der Waals surface area contributed by atoms with Crippen LogP contribution >= 0.6 is 0 Å². The molecule has 156 valence electrons. The Balaban J connectivity index is 1.42. The lowest BCUT2D eigenvalue weighted by Crippen LogP contribution is -2.19. The number of carbonyl (C=O) groups is 2. The molecular weight excluding hydrogens is 380 g/mol. The minimum absolute atomic E-state index is 0.193. The molecule has 0 aliphatic heterocycles. The average molecular weight is 404 g/mol. The maximum absolute atomic E-state index is 11.6. The molecule has 0 radical (unpaired) electrons. The fraction of sp³-hybridized carbons (Fsp3) is 0.300.